The van der Waals surface area contributed by atoms with Crippen molar-refractivity contribution in [3.05, 3.63) is 65.2 Å². The summed E-state index contributed by atoms with van der Waals surface area (Å²) in [5.74, 6) is 0.697. The average molecular weight is 437 g/mol. The number of benzene rings is 2. The third-order valence-corrected chi connectivity index (χ3v) is 6.60. The van der Waals surface area contributed by atoms with Crippen molar-refractivity contribution in [1.82, 2.24) is 5.32 Å². The van der Waals surface area contributed by atoms with Crippen LogP contribution in [0, 0.1) is 0 Å². The maximum absolute atomic E-state index is 13.2. The Balaban J connectivity index is 2.27. The molecule has 0 fully saturated rings. The molecular formula is C29H44N2O. The van der Waals surface area contributed by atoms with E-state index in [1.54, 1.807) is 0 Å². The van der Waals surface area contributed by atoms with E-state index >= 15 is 0 Å². The van der Waals surface area contributed by atoms with E-state index in [4.69, 9.17) is 0 Å². The van der Waals surface area contributed by atoms with Gasteiger partial charge in [0.15, 0.2) is 0 Å². The van der Waals surface area contributed by atoms with Crippen molar-refractivity contribution >= 4 is 11.7 Å². The maximum atomic E-state index is 13.2. The number of carbonyl (C=O) groups is 1. The molecule has 0 radical (unpaired) electrons. The van der Waals surface area contributed by atoms with E-state index in [0.29, 0.717) is 18.4 Å². The van der Waals surface area contributed by atoms with E-state index in [-0.39, 0.29) is 11.4 Å². The number of rotatable bonds is 12. The number of unbranched alkanes of at least 4 members (excludes halogenated alkanes) is 2. The molecule has 3 nitrogen and oxygen atoms in total. The minimum absolute atomic E-state index is 0.0247. The fourth-order valence-electron chi connectivity index (χ4n) is 4.62. The predicted molar refractivity (Wildman–Crippen MR) is 139 cm³/mol. The van der Waals surface area contributed by atoms with Gasteiger partial charge in [0.2, 0.25) is 0 Å². The van der Waals surface area contributed by atoms with Crippen molar-refractivity contribution < 1.29 is 4.79 Å². The van der Waals surface area contributed by atoms with Gasteiger partial charge in [-0.3, -0.25) is 0 Å². The molecule has 0 atom stereocenters. The smallest absolute Gasteiger partial charge is 0.319 e. The van der Waals surface area contributed by atoms with E-state index in [2.05, 4.69) is 101 Å². The van der Waals surface area contributed by atoms with Crippen molar-refractivity contribution in [2.45, 2.75) is 97.3 Å². The number of carbonyl (C=O) groups excluding carboxylic acids is 1. The molecule has 0 aromatic heterocycles. The standard InChI is InChI=1S/C29H44N2O/c1-7-9-19-29(20-10-8-2,24-15-12-11-13-16-24)21-30-28(32)31-27-25(22(3)4)17-14-18-26(27)23(5)6/h11-18,22-23H,7-10,19-21H2,1-6H3,(H2,30,31,32). The first kappa shape index (κ1) is 26.0. The van der Waals surface area contributed by atoms with Crippen molar-refractivity contribution in [2.75, 3.05) is 11.9 Å². The molecule has 2 rings (SSSR count). The van der Waals surface area contributed by atoms with Crippen LogP contribution in [-0.4, -0.2) is 12.6 Å². The summed E-state index contributed by atoms with van der Waals surface area (Å²) < 4.78 is 0. The highest BCUT2D eigenvalue weighted by molar-refractivity contribution is 5.91. The number of hydrogen-bond acceptors (Lipinski definition) is 1. The normalized spacial score (nSPS) is 11.8. The number of amides is 2. The summed E-state index contributed by atoms with van der Waals surface area (Å²) in [6, 6.07) is 17.0. The molecule has 2 aromatic rings. The highest BCUT2D eigenvalue weighted by atomic mass is 16.2. The van der Waals surface area contributed by atoms with Gasteiger partial charge >= 0.3 is 6.03 Å². The van der Waals surface area contributed by atoms with Gasteiger partial charge in [-0.05, 0) is 41.4 Å². The van der Waals surface area contributed by atoms with Gasteiger partial charge < -0.3 is 10.6 Å². The molecule has 2 N–H and O–H groups in total. The van der Waals surface area contributed by atoms with Gasteiger partial charge in [0.05, 0.1) is 0 Å². The molecule has 2 amide bonds. The lowest BCUT2D eigenvalue weighted by molar-refractivity contribution is 0.245. The van der Waals surface area contributed by atoms with Crippen LogP contribution in [-0.2, 0) is 5.41 Å². The van der Waals surface area contributed by atoms with Gasteiger partial charge in [-0.25, -0.2) is 4.79 Å². The van der Waals surface area contributed by atoms with Gasteiger partial charge in [-0.1, -0.05) is 116 Å². The summed E-state index contributed by atoms with van der Waals surface area (Å²) >= 11 is 0. The second-order valence-electron chi connectivity index (χ2n) is 9.78. The summed E-state index contributed by atoms with van der Waals surface area (Å²) in [5.41, 5.74) is 4.67. The molecule has 3 heteroatoms. The Morgan fingerprint density at radius 3 is 1.81 bits per heavy atom. The molecule has 2 aromatic carbocycles. The topological polar surface area (TPSA) is 41.1 Å². The van der Waals surface area contributed by atoms with Crippen molar-refractivity contribution in [3.63, 3.8) is 0 Å². The first-order chi connectivity index (χ1) is 15.3. The molecule has 0 unspecified atom stereocenters. The van der Waals surface area contributed by atoms with Crippen LogP contribution in [0.25, 0.3) is 0 Å². The fraction of sp³-hybridized carbons (Fsp3) is 0.552. The highest BCUT2D eigenvalue weighted by Crippen LogP contribution is 2.36. The zero-order valence-electron chi connectivity index (χ0n) is 21.1. The number of anilines is 1. The van der Waals surface area contributed by atoms with Crippen LogP contribution in [0.3, 0.4) is 0 Å². The van der Waals surface area contributed by atoms with Crippen molar-refractivity contribution in [2.24, 2.45) is 0 Å². The molecule has 0 saturated carbocycles. The van der Waals surface area contributed by atoms with E-state index in [0.717, 1.165) is 44.2 Å². The minimum atomic E-state index is -0.103. The average Bonchev–Trinajstić information content (AvgIpc) is 2.79. The number of para-hydroxylation sites is 1. The molecule has 176 valence electrons. The Bertz CT molecular complexity index is 792. The van der Waals surface area contributed by atoms with Crippen LogP contribution in [0.1, 0.15) is 109 Å². The first-order valence-electron chi connectivity index (χ1n) is 12.6. The van der Waals surface area contributed by atoms with Gasteiger partial charge in [0.1, 0.15) is 0 Å². The quantitative estimate of drug-likeness (QED) is 0.345. The Morgan fingerprint density at radius 1 is 0.812 bits per heavy atom. The first-order valence-corrected chi connectivity index (χ1v) is 12.6. The fourth-order valence-corrected chi connectivity index (χ4v) is 4.62. The molecule has 0 aliphatic carbocycles. The predicted octanol–water partition coefficient (Wildman–Crippen LogP) is 8.37. The number of urea groups is 1. The molecule has 0 aliphatic rings. The Morgan fingerprint density at radius 2 is 1.34 bits per heavy atom. The van der Waals surface area contributed by atoms with E-state index in [9.17, 15) is 4.79 Å². The SMILES string of the molecule is CCCCC(CCCC)(CNC(=O)Nc1c(C(C)C)cccc1C(C)C)c1ccccc1. The molecule has 0 heterocycles. The summed E-state index contributed by atoms with van der Waals surface area (Å²) in [6.07, 6.45) is 6.82. The lowest BCUT2D eigenvalue weighted by Gasteiger charge is -2.35. The minimum Gasteiger partial charge on any atom is -0.337 e. The second kappa shape index (κ2) is 12.7. The zero-order chi connectivity index (χ0) is 23.6. The Kier molecular flexibility index (Phi) is 10.3. The number of nitrogens with one attached hydrogen (secondary N) is 2. The molecule has 0 spiro atoms. The van der Waals surface area contributed by atoms with Gasteiger partial charge in [0.25, 0.3) is 0 Å². The van der Waals surface area contributed by atoms with E-state index < -0.39 is 0 Å². The summed E-state index contributed by atoms with van der Waals surface area (Å²) in [7, 11) is 0. The van der Waals surface area contributed by atoms with E-state index in [1.807, 2.05) is 0 Å². The number of hydrogen-bond donors (Lipinski definition) is 2. The lowest BCUT2D eigenvalue weighted by Crippen LogP contribution is -2.42. The third-order valence-electron chi connectivity index (χ3n) is 6.60. The van der Waals surface area contributed by atoms with Gasteiger partial charge in [-0.15, -0.1) is 0 Å². The summed E-state index contributed by atoms with van der Waals surface area (Å²) in [4.78, 5) is 13.2. The van der Waals surface area contributed by atoms with Crippen LogP contribution in [0.15, 0.2) is 48.5 Å². The second-order valence-corrected chi connectivity index (χ2v) is 9.78. The lowest BCUT2D eigenvalue weighted by atomic mass is 9.72. The van der Waals surface area contributed by atoms with Crippen LogP contribution >= 0.6 is 0 Å². The van der Waals surface area contributed by atoms with Crippen LogP contribution < -0.4 is 10.6 Å². The Labute approximate surface area is 196 Å². The molecule has 32 heavy (non-hydrogen) atoms. The third kappa shape index (κ3) is 6.85. The van der Waals surface area contributed by atoms with Gasteiger partial charge in [0, 0.05) is 17.6 Å². The van der Waals surface area contributed by atoms with E-state index in [1.165, 1.54) is 16.7 Å². The van der Waals surface area contributed by atoms with Crippen molar-refractivity contribution in [3.8, 4) is 0 Å². The van der Waals surface area contributed by atoms with Crippen LogP contribution in [0.2, 0.25) is 0 Å². The highest BCUT2D eigenvalue weighted by Gasteiger charge is 2.31. The van der Waals surface area contributed by atoms with Crippen molar-refractivity contribution in [1.29, 1.82) is 0 Å². The largest absolute Gasteiger partial charge is 0.337 e. The Hall–Kier alpha value is -2.29. The molecule has 0 bridgehead atoms. The molecule has 0 saturated heterocycles. The summed E-state index contributed by atoms with van der Waals surface area (Å²) in [5, 5.41) is 6.50. The van der Waals surface area contributed by atoms with Crippen LogP contribution in [0.4, 0.5) is 10.5 Å². The zero-order valence-corrected chi connectivity index (χ0v) is 21.1. The maximum Gasteiger partial charge on any atom is 0.319 e. The monoisotopic (exact) mass is 436 g/mol. The van der Waals surface area contributed by atoms with Gasteiger partial charge in [-0.2, -0.15) is 0 Å². The molecule has 0 aliphatic heterocycles. The van der Waals surface area contributed by atoms with Crippen LogP contribution in [0.5, 0.6) is 0 Å². The summed E-state index contributed by atoms with van der Waals surface area (Å²) in [6.45, 7) is 13.9. The molecular weight excluding hydrogens is 392 g/mol.